The first-order valence-electron chi connectivity index (χ1n) is 13.2. The molecule has 0 saturated heterocycles. The summed E-state index contributed by atoms with van der Waals surface area (Å²) in [4.78, 5) is 31.5. The van der Waals surface area contributed by atoms with E-state index in [2.05, 4.69) is 108 Å². The minimum absolute atomic E-state index is 0.893. The van der Waals surface area contributed by atoms with Crippen molar-refractivity contribution >= 4 is 44.1 Å². The monoisotopic (exact) mass is 524 g/mol. The van der Waals surface area contributed by atoms with E-state index in [1.165, 1.54) is 11.1 Å². The minimum Gasteiger partial charge on any atom is -0.342 e. The number of fused-ring (bicyclic) bond motifs is 4. The number of hydrogen-bond donors (Lipinski definition) is 4. The Labute approximate surface area is 230 Å². The number of nitrogens with one attached hydrogen (secondary N) is 4. The topological polar surface area (TPSA) is 115 Å². The smallest absolute Gasteiger partial charge is 0.138 e. The van der Waals surface area contributed by atoms with Gasteiger partial charge in [-0.3, -0.25) is 0 Å². The molecule has 4 aromatic carbocycles. The first-order valence-corrected chi connectivity index (χ1v) is 13.2. The van der Waals surface area contributed by atoms with Crippen molar-refractivity contribution in [3.05, 3.63) is 95.6 Å². The molecular weight excluding hydrogens is 496 g/mol. The van der Waals surface area contributed by atoms with Crippen molar-refractivity contribution in [1.29, 1.82) is 0 Å². The van der Waals surface area contributed by atoms with Gasteiger partial charge in [-0.2, -0.15) is 0 Å². The Bertz CT molecular complexity index is 2050. The first kappa shape index (κ1) is 23.8. The summed E-state index contributed by atoms with van der Waals surface area (Å²) in [6.45, 7) is 8.08. The quantitative estimate of drug-likeness (QED) is 0.188. The van der Waals surface area contributed by atoms with E-state index in [1.807, 2.05) is 32.0 Å². The molecule has 0 saturated carbocycles. The lowest BCUT2D eigenvalue weighted by atomic mass is 10.1. The van der Waals surface area contributed by atoms with Gasteiger partial charge in [0.25, 0.3) is 0 Å². The van der Waals surface area contributed by atoms with Crippen LogP contribution in [0.1, 0.15) is 22.8 Å². The lowest BCUT2D eigenvalue weighted by Crippen LogP contribution is -1.80. The Morgan fingerprint density at radius 1 is 0.425 bits per heavy atom. The maximum absolute atomic E-state index is 4.67. The fourth-order valence-electron chi connectivity index (χ4n) is 5.06. The minimum atomic E-state index is 0.893. The lowest BCUT2D eigenvalue weighted by molar-refractivity contribution is 1.17. The van der Waals surface area contributed by atoms with Crippen LogP contribution in [-0.2, 0) is 0 Å². The summed E-state index contributed by atoms with van der Waals surface area (Å²) in [7, 11) is 0. The molecule has 40 heavy (non-hydrogen) atoms. The molecule has 0 spiro atoms. The molecule has 0 atom stereocenters. The van der Waals surface area contributed by atoms with Crippen LogP contribution in [0.4, 0.5) is 0 Å². The van der Waals surface area contributed by atoms with Crippen LogP contribution in [0.2, 0.25) is 0 Å². The summed E-state index contributed by atoms with van der Waals surface area (Å²) < 4.78 is 0. The molecule has 0 aliphatic rings. The number of nitrogens with zero attached hydrogens (tertiary/aromatic N) is 4. The van der Waals surface area contributed by atoms with E-state index < -0.39 is 0 Å². The molecule has 196 valence electrons. The molecule has 0 bridgehead atoms. The summed E-state index contributed by atoms with van der Waals surface area (Å²) in [5.41, 5.74) is 12.6. The third-order valence-corrected chi connectivity index (χ3v) is 7.02. The summed E-state index contributed by atoms with van der Waals surface area (Å²) in [6, 6.07) is 24.9. The fraction of sp³-hybridized carbons (Fsp3) is 0.125. The highest BCUT2D eigenvalue weighted by atomic mass is 15.0. The standard InChI is InChI=1S/2C16H14N4/c1-9-3-5-11(6-4-9)16-19-14-7-12-13(8-15(14)20-16)18-10(2)17-12;1-9-4-3-5-11(6-9)16-19-14-7-12-13(8-15(14)20-16)18-10(2)17-12/h2*3-8H,1-2H3,(H,17,18)(H,19,20). The van der Waals surface area contributed by atoms with Gasteiger partial charge in [0.15, 0.2) is 0 Å². The van der Waals surface area contributed by atoms with Crippen molar-refractivity contribution < 1.29 is 0 Å². The zero-order valence-corrected chi connectivity index (χ0v) is 22.7. The maximum Gasteiger partial charge on any atom is 0.138 e. The number of rotatable bonds is 2. The normalized spacial score (nSPS) is 11.5. The van der Waals surface area contributed by atoms with Gasteiger partial charge in [-0.15, -0.1) is 0 Å². The SMILES string of the molecule is Cc1ccc(-c2nc3cc4nc(C)[nH]c4cc3[nH]2)cc1.Cc1cccc(-c2nc3cc4nc(C)[nH]c4cc3[nH]2)c1. The molecule has 0 unspecified atom stereocenters. The molecule has 8 rings (SSSR count). The average molecular weight is 525 g/mol. The van der Waals surface area contributed by atoms with Gasteiger partial charge in [0.05, 0.1) is 44.1 Å². The number of hydrogen-bond acceptors (Lipinski definition) is 4. The third-order valence-electron chi connectivity index (χ3n) is 7.02. The van der Waals surface area contributed by atoms with Crippen LogP contribution < -0.4 is 0 Å². The highest BCUT2D eigenvalue weighted by Crippen LogP contribution is 2.26. The van der Waals surface area contributed by atoms with E-state index in [1.54, 1.807) is 0 Å². The lowest BCUT2D eigenvalue weighted by Gasteiger charge is -1.97. The second-order valence-electron chi connectivity index (χ2n) is 10.3. The highest BCUT2D eigenvalue weighted by Gasteiger charge is 2.10. The molecule has 0 amide bonds. The molecule has 0 aliphatic heterocycles. The van der Waals surface area contributed by atoms with Gasteiger partial charge in [0.1, 0.15) is 23.3 Å². The summed E-state index contributed by atoms with van der Waals surface area (Å²) in [5, 5.41) is 0. The van der Waals surface area contributed by atoms with Crippen LogP contribution in [0.15, 0.2) is 72.8 Å². The molecule has 0 aliphatic carbocycles. The molecule has 8 aromatic rings. The van der Waals surface area contributed by atoms with E-state index in [0.717, 1.165) is 78.6 Å². The van der Waals surface area contributed by atoms with Crippen LogP contribution in [0.25, 0.3) is 66.9 Å². The second-order valence-corrected chi connectivity index (χ2v) is 10.3. The van der Waals surface area contributed by atoms with Crippen molar-refractivity contribution in [2.45, 2.75) is 27.7 Å². The van der Waals surface area contributed by atoms with Gasteiger partial charge in [0.2, 0.25) is 0 Å². The van der Waals surface area contributed by atoms with Crippen molar-refractivity contribution in [2.75, 3.05) is 0 Å². The second kappa shape index (κ2) is 9.20. The Kier molecular flexibility index (Phi) is 5.48. The van der Waals surface area contributed by atoms with E-state index in [9.17, 15) is 0 Å². The number of aromatic amines is 4. The zero-order chi connectivity index (χ0) is 27.4. The third kappa shape index (κ3) is 4.39. The Balaban J connectivity index is 0.000000132. The maximum atomic E-state index is 4.67. The van der Waals surface area contributed by atoms with E-state index in [0.29, 0.717) is 0 Å². The molecular formula is C32H28N8. The Morgan fingerprint density at radius 3 is 1.48 bits per heavy atom. The van der Waals surface area contributed by atoms with E-state index >= 15 is 0 Å². The predicted molar refractivity (Wildman–Crippen MR) is 161 cm³/mol. The van der Waals surface area contributed by atoms with Crippen molar-refractivity contribution in [1.82, 2.24) is 39.9 Å². The van der Waals surface area contributed by atoms with E-state index in [4.69, 9.17) is 0 Å². The van der Waals surface area contributed by atoms with Gasteiger partial charge >= 0.3 is 0 Å². The molecule has 8 nitrogen and oxygen atoms in total. The molecule has 4 heterocycles. The summed E-state index contributed by atoms with van der Waals surface area (Å²) in [5.74, 6) is 3.63. The van der Waals surface area contributed by atoms with Crippen LogP contribution in [-0.4, -0.2) is 39.9 Å². The largest absolute Gasteiger partial charge is 0.342 e. The van der Waals surface area contributed by atoms with Crippen molar-refractivity contribution in [3.63, 3.8) is 0 Å². The Morgan fingerprint density at radius 2 is 0.925 bits per heavy atom. The van der Waals surface area contributed by atoms with Crippen LogP contribution in [0, 0.1) is 27.7 Å². The summed E-state index contributed by atoms with van der Waals surface area (Å²) >= 11 is 0. The zero-order valence-electron chi connectivity index (χ0n) is 22.7. The molecule has 4 N–H and O–H groups in total. The number of aryl methyl sites for hydroxylation is 4. The summed E-state index contributed by atoms with van der Waals surface area (Å²) in [6.07, 6.45) is 0. The molecule has 0 radical (unpaired) electrons. The van der Waals surface area contributed by atoms with Gasteiger partial charge in [-0.1, -0.05) is 53.6 Å². The number of imidazole rings is 4. The average Bonchev–Trinajstić information content (AvgIpc) is 3.69. The predicted octanol–water partition coefficient (Wildman–Crippen LogP) is 7.45. The van der Waals surface area contributed by atoms with Gasteiger partial charge in [0, 0.05) is 11.1 Å². The van der Waals surface area contributed by atoms with Crippen LogP contribution >= 0.6 is 0 Å². The van der Waals surface area contributed by atoms with Gasteiger partial charge in [-0.25, -0.2) is 19.9 Å². The molecule has 4 aromatic heterocycles. The van der Waals surface area contributed by atoms with Crippen LogP contribution in [0.5, 0.6) is 0 Å². The number of H-pyrrole nitrogens is 4. The molecule has 8 heteroatoms. The number of aromatic nitrogens is 8. The van der Waals surface area contributed by atoms with Crippen molar-refractivity contribution in [3.8, 4) is 22.8 Å². The van der Waals surface area contributed by atoms with Crippen molar-refractivity contribution in [2.24, 2.45) is 0 Å². The van der Waals surface area contributed by atoms with Crippen LogP contribution in [0.3, 0.4) is 0 Å². The van der Waals surface area contributed by atoms with E-state index in [-0.39, 0.29) is 0 Å². The fourth-order valence-corrected chi connectivity index (χ4v) is 5.06. The van der Waals surface area contributed by atoms with Gasteiger partial charge in [-0.05, 0) is 58.0 Å². The highest BCUT2D eigenvalue weighted by molar-refractivity contribution is 5.93. The Hall–Kier alpha value is -5.24. The van der Waals surface area contributed by atoms with Gasteiger partial charge < -0.3 is 19.9 Å². The molecule has 0 fully saturated rings. The first-order chi connectivity index (χ1) is 19.4. The number of benzene rings is 4.